The number of hydrogen-bond acceptors (Lipinski definition) is 4. The van der Waals surface area contributed by atoms with Crippen molar-refractivity contribution in [1.29, 1.82) is 0 Å². The molecule has 3 N–H and O–H groups in total. The van der Waals surface area contributed by atoms with Crippen molar-refractivity contribution in [3.63, 3.8) is 0 Å². The van der Waals surface area contributed by atoms with E-state index in [1.54, 1.807) is 0 Å². The monoisotopic (exact) mass is 166 g/mol. The van der Waals surface area contributed by atoms with Gasteiger partial charge in [-0.3, -0.25) is 0 Å². The van der Waals surface area contributed by atoms with Gasteiger partial charge in [0, 0.05) is 18.8 Å². The van der Waals surface area contributed by atoms with Crippen molar-refractivity contribution in [2.45, 2.75) is 0 Å². The first-order chi connectivity index (χ1) is 5.81. The van der Waals surface area contributed by atoms with Gasteiger partial charge in [-0.05, 0) is 6.07 Å². The molecule has 1 aliphatic rings. The topological polar surface area (TPSA) is 56.5 Å². The van der Waals surface area contributed by atoms with Crippen LogP contribution in [0.25, 0.3) is 0 Å². The minimum Gasteiger partial charge on any atom is -0.453 e. The number of hydrogen-bond donors (Lipinski definition) is 2. The fourth-order valence-electron chi connectivity index (χ4n) is 1.18. The third kappa shape index (κ3) is 0.922. The van der Waals surface area contributed by atoms with E-state index in [9.17, 15) is 0 Å². The van der Waals surface area contributed by atoms with Crippen molar-refractivity contribution >= 4 is 11.4 Å². The molecule has 1 heterocycles. The van der Waals surface area contributed by atoms with E-state index in [1.807, 2.05) is 19.2 Å². The van der Waals surface area contributed by atoms with Gasteiger partial charge in [0.05, 0.1) is 5.69 Å². The Bertz CT molecular complexity index is 312. The number of nitrogen functional groups attached to an aromatic ring is 1. The number of ether oxygens (including phenoxy) is 2. The summed E-state index contributed by atoms with van der Waals surface area (Å²) in [5.74, 6) is 1.35. The predicted molar refractivity (Wildman–Crippen MR) is 46.5 cm³/mol. The van der Waals surface area contributed by atoms with Gasteiger partial charge in [0.25, 0.3) is 0 Å². The van der Waals surface area contributed by atoms with Gasteiger partial charge in [0.2, 0.25) is 6.79 Å². The summed E-state index contributed by atoms with van der Waals surface area (Å²) in [6.45, 7) is 0.257. The van der Waals surface area contributed by atoms with E-state index in [0.29, 0.717) is 17.2 Å². The average Bonchev–Trinajstić information content (AvgIpc) is 2.52. The molecule has 0 saturated carbocycles. The number of fused-ring (bicyclic) bond motifs is 1. The molecule has 12 heavy (non-hydrogen) atoms. The highest BCUT2D eigenvalue weighted by atomic mass is 16.7. The first-order valence-electron chi connectivity index (χ1n) is 3.68. The van der Waals surface area contributed by atoms with Crippen molar-refractivity contribution in [2.24, 2.45) is 0 Å². The minimum absolute atomic E-state index is 0.257. The standard InChI is InChI=1S/C8H10N2O2/c1-10-5-2-6(9)8-7(3-5)11-4-12-8/h2-3,10H,4,9H2,1H3. The Balaban J connectivity index is 2.51. The lowest BCUT2D eigenvalue weighted by Gasteiger charge is -2.04. The second-order valence-corrected chi connectivity index (χ2v) is 2.55. The molecule has 64 valence electrons. The van der Waals surface area contributed by atoms with Crippen LogP contribution in [0.3, 0.4) is 0 Å². The molecule has 1 aromatic rings. The summed E-state index contributed by atoms with van der Waals surface area (Å²) in [5, 5.41) is 2.98. The third-order valence-electron chi connectivity index (χ3n) is 1.79. The second kappa shape index (κ2) is 2.48. The van der Waals surface area contributed by atoms with Gasteiger partial charge in [-0.1, -0.05) is 0 Å². The van der Waals surface area contributed by atoms with E-state index < -0.39 is 0 Å². The van der Waals surface area contributed by atoms with Gasteiger partial charge in [-0.2, -0.15) is 0 Å². The van der Waals surface area contributed by atoms with Crippen LogP contribution in [0.4, 0.5) is 11.4 Å². The Morgan fingerprint density at radius 1 is 1.42 bits per heavy atom. The molecule has 1 aliphatic heterocycles. The van der Waals surface area contributed by atoms with Gasteiger partial charge in [0.1, 0.15) is 0 Å². The van der Waals surface area contributed by atoms with Crippen LogP contribution in [-0.2, 0) is 0 Å². The molecule has 0 fully saturated rings. The summed E-state index contributed by atoms with van der Waals surface area (Å²) in [5.41, 5.74) is 7.24. The maximum Gasteiger partial charge on any atom is 0.231 e. The van der Waals surface area contributed by atoms with Crippen LogP contribution < -0.4 is 20.5 Å². The van der Waals surface area contributed by atoms with E-state index in [1.165, 1.54) is 0 Å². The highest BCUT2D eigenvalue weighted by molar-refractivity contribution is 5.69. The Labute approximate surface area is 70.3 Å². The summed E-state index contributed by atoms with van der Waals surface area (Å²) in [6.07, 6.45) is 0. The third-order valence-corrected chi connectivity index (χ3v) is 1.79. The largest absolute Gasteiger partial charge is 0.453 e. The fraction of sp³-hybridized carbons (Fsp3) is 0.250. The molecule has 0 bridgehead atoms. The lowest BCUT2D eigenvalue weighted by atomic mass is 10.2. The van der Waals surface area contributed by atoms with Crippen LogP contribution >= 0.6 is 0 Å². The van der Waals surface area contributed by atoms with Gasteiger partial charge < -0.3 is 20.5 Å². The molecule has 1 aromatic carbocycles. The zero-order valence-electron chi connectivity index (χ0n) is 6.76. The molecule has 0 radical (unpaired) electrons. The Morgan fingerprint density at radius 3 is 3.00 bits per heavy atom. The van der Waals surface area contributed by atoms with Crippen molar-refractivity contribution in [3.8, 4) is 11.5 Å². The van der Waals surface area contributed by atoms with E-state index in [4.69, 9.17) is 15.2 Å². The summed E-state index contributed by atoms with van der Waals surface area (Å²) < 4.78 is 10.3. The lowest BCUT2D eigenvalue weighted by Crippen LogP contribution is -1.94. The number of benzene rings is 1. The van der Waals surface area contributed by atoms with Crippen LogP contribution in [-0.4, -0.2) is 13.8 Å². The van der Waals surface area contributed by atoms with Gasteiger partial charge in [0.15, 0.2) is 11.5 Å². The molecule has 0 saturated heterocycles. The van der Waals surface area contributed by atoms with Gasteiger partial charge in [-0.25, -0.2) is 0 Å². The summed E-state index contributed by atoms with van der Waals surface area (Å²) in [7, 11) is 1.83. The predicted octanol–water partition coefficient (Wildman–Crippen LogP) is 1.04. The van der Waals surface area contributed by atoms with Crippen molar-refractivity contribution < 1.29 is 9.47 Å². The van der Waals surface area contributed by atoms with E-state index in [0.717, 1.165) is 5.69 Å². The smallest absolute Gasteiger partial charge is 0.231 e. The quantitative estimate of drug-likeness (QED) is 0.612. The van der Waals surface area contributed by atoms with E-state index in [2.05, 4.69) is 5.32 Å². The van der Waals surface area contributed by atoms with Crippen molar-refractivity contribution in [1.82, 2.24) is 0 Å². The molecule has 0 aromatic heterocycles. The van der Waals surface area contributed by atoms with Gasteiger partial charge in [-0.15, -0.1) is 0 Å². The van der Waals surface area contributed by atoms with Crippen LogP contribution in [0, 0.1) is 0 Å². The highest BCUT2D eigenvalue weighted by Crippen LogP contribution is 2.39. The molecule has 0 atom stereocenters. The fourth-order valence-corrected chi connectivity index (χ4v) is 1.18. The zero-order valence-corrected chi connectivity index (χ0v) is 6.76. The minimum atomic E-state index is 0.257. The Morgan fingerprint density at radius 2 is 2.25 bits per heavy atom. The lowest BCUT2D eigenvalue weighted by molar-refractivity contribution is 0.174. The average molecular weight is 166 g/mol. The summed E-state index contributed by atoms with van der Waals surface area (Å²) in [4.78, 5) is 0. The van der Waals surface area contributed by atoms with Crippen molar-refractivity contribution in [3.05, 3.63) is 12.1 Å². The highest BCUT2D eigenvalue weighted by Gasteiger charge is 2.16. The summed E-state index contributed by atoms with van der Waals surface area (Å²) >= 11 is 0. The molecular formula is C8H10N2O2. The normalized spacial score (nSPS) is 13.1. The van der Waals surface area contributed by atoms with Crippen LogP contribution in [0.15, 0.2) is 12.1 Å². The Kier molecular flexibility index (Phi) is 1.46. The molecule has 0 spiro atoms. The Hall–Kier alpha value is -1.58. The molecule has 0 amide bonds. The first kappa shape index (κ1) is 7.09. The van der Waals surface area contributed by atoms with Crippen LogP contribution in [0.1, 0.15) is 0 Å². The maximum absolute atomic E-state index is 5.70. The first-order valence-corrected chi connectivity index (χ1v) is 3.68. The second-order valence-electron chi connectivity index (χ2n) is 2.55. The molecule has 4 heteroatoms. The number of nitrogens with one attached hydrogen (secondary N) is 1. The van der Waals surface area contributed by atoms with E-state index in [-0.39, 0.29) is 6.79 Å². The number of anilines is 2. The van der Waals surface area contributed by atoms with Crippen LogP contribution in [0.5, 0.6) is 11.5 Å². The van der Waals surface area contributed by atoms with Crippen molar-refractivity contribution in [2.75, 3.05) is 24.9 Å². The van der Waals surface area contributed by atoms with Crippen LogP contribution in [0.2, 0.25) is 0 Å². The molecule has 0 unspecified atom stereocenters. The SMILES string of the molecule is CNc1cc(N)c2c(c1)OCO2. The maximum atomic E-state index is 5.70. The van der Waals surface area contributed by atoms with Gasteiger partial charge >= 0.3 is 0 Å². The van der Waals surface area contributed by atoms with E-state index >= 15 is 0 Å². The number of nitrogens with two attached hydrogens (primary N) is 1. The molecule has 4 nitrogen and oxygen atoms in total. The summed E-state index contributed by atoms with van der Waals surface area (Å²) in [6, 6.07) is 3.67. The molecule has 0 aliphatic carbocycles. The zero-order chi connectivity index (χ0) is 8.55. The number of rotatable bonds is 1. The molecular weight excluding hydrogens is 156 g/mol. The molecule has 2 rings (SSSR count).